The highest BCUT2D eigenvalue weighted by molar-refractivity contribution is 6.31. The molecule has 0 saturated heterocycles. The number of carbonyl (C=O) groups is 1. The average molecular weight is 372 g/mol. The summed E-state index contributed by atoms with van der Waals surface area (Å²) in [4.78, 5) is 16.4. The van der Waals surface area contributed by atoms with Crippen molar-refractivity contribution >= 4 is 23.2 Å². The van der Waals surface area contributed by atoms with Crippen LogP contribution in [0.5, 0.6) is 5.75 Å². The van der Waals surface area contributed by atoms with Gasteiger partial charge >= 0.3 is 0 Å². The number of amides is 1. The Balaban J connectivity index is 1.56. The van der Waals surface area contributed by atoms with Crippen LogP contribution >= 0.6 is 11.6 Å². The molecule has 1 amide bonds. The predicted molar refractivity (Wildman–Crippen MR) is 99.4 cm³/mol. The normalized spacial score (nSPS) is 10.6. The van der Waals surface area contributed by atoms with Crippen LogP contribution in [0.15, 0.2) is 47.0 Å². The van der Waals surface area contributed by atoms with Gasteiger partial charge in [0.25, 0.3) is 0 Å². The zero-order chi connectivity index (χ0) is 18.5. The van der Waals surface area contributed by atoms with E-state index < -0.39 is 0 Å². The van der Waals surface area contributed by atoms with Gasteiger partial charge < -0.3 is 14.6 Å². The van der Waals surface area contributed by atoms with E-state index in [2.05, 4.69) is 15.5 Å². The number of nitrogens with zero attached hydrogens (tertiary/aromatic N) is 2. The van der Waals surface area contributed by atoms with E-state index in [-0.39, 0.29) is 12.3 Å². The number of hydrogen-bond acceptors (Lipinski definition) is 5. The minimum absolute atomic E-state index is 0.144. The number of nitrogens with one attached hydrogen (secondary N) is 1. The van der Waals surface area contributed by atoms with E-state index in [1.807, 2.05) is 43.3 Å². The zero-order valence-corrected chi connectivity index (χ0v) is 15.2. The SMILES string of the molecule is COc1ccc(-c2noc(CCC(=O)Nc3ccc(C)c(Cl)c3)n2)cc1. The molecule has 0 aliphatic carbocycles. The molecule has 0 aliphatic heterocycles. The topological polar surface area (TPSA) is 77.2 Å². The Labute approximate surface area is 156 Å². The highest BCUT2D eigenvalue weighted by Crippen LogP contribution is 2.21. The molecule has 0 aliphatic rings. The number of halogens is 1. The van der Waals surface area contributed by atoms with Crippen molar-refractivity contribution in [3.8, 4) is 17.1 Å². The molecule has 3 rings (SSSR count). The molecule has 7 heteroatoms. The quantitative estimate of drug-likeness (QED) is 0.699. The summed E-state index contributed by atoms with van der Waals surface area (Å²) in [7, 11) is 1.61. The van der Waals surface area contributed by atoms with E-state index in [4.69, 9.17) is 20.9 Å². The highest BCUT2D eigenvalue weighted by atomic mass is 35.5. The van der Waals surface area contributed by atoms with E-state index in [1.54, 1.807) is 13.2 Å². The summed E-state index contributed by atoms with van der Waals surface area (Å²) in [6.45, 7) is 1.91. The predicted octanol–water partition coefficient (Wildman–Crippen LogP) is 4.28. The Morgan fingerprint density at radius 2 is 2.00 bits per heavy atom. The monoisotopic (exact) mass is 371 g/mol. The molecule has 2 aromatic carbocycles. The molecule has 0 spiro atoms. The maximum atomic E-state index is 12.1. The van der Waals surface area contributed by atoms with Gasteiger partial charge in [-0.1, -0.05) is 22.8 Å². The second kappa shape index (κ2) is 8.01. The van der Waals surface area contributed by atoms with E-state index in [0.29, 0.717) is 28.8 Å². The summed E-state index contributed by atoms with van der Waals surface area (Å²) in [6.07, 6.45) is 0.588. The van der Waals surface area contributed by atoms with Gasteiger partial charge in [0.15, 0.2) is 0 Å². The molecular weight excluding hydrogens is 354 g/mol. The van der Waals surface area contributed by atoms with Crippen LogP contribution in [-0.4, -0.2) is 23.2 Å². The second-order valence-corrected chi connectivity index (χ2v) is 6.16. The van der Waals surface area contributed by atoms with Gasteiger partial charge in [-0.05, 0) is 48.9 Å². The highest BCUT2D eigenvalue weighted by Gasteiger charge is 2.11. The molecule has 0 unspecified atom stereocenters. The first-order chi connectivity index (χ1) is 12.5. The van der Waals surface area contributed by atoms with E-state index in [1.165, 1.54) is 0 Å². The molecule has 134 valence electrons. The molecule has 0 radical (unpaired) electrons. The molecule has 1 N–H and O–H groups in total. The lowest BCUT2D eigenvalue weighted by Crippen LogP contribution is -2.12. The molecular formula is C19H18ClN3O3. The van der Waals surface area contributed by atoms with E-state index in [9.17, 15) is 4.79 Å². The Morgan fingerprint density at radius 3 is 2.69 bits per heavy atom. The van der Waals surface area contributed by atoms with Gasteiger partial charge in [-0.3, -0.25) is 4.79 Å². The first kappa shape index (κ1) is 17.9. The third kappa shape index (κ3) is 4.40. The van der Waals surface area contributed by atoms with Gasteiger partial charge in [0, 0.05) is 29.1 Å². The molecule has 1 aromatic heterocycles. The van der Waals surface area contributed by atoms with Gasteiger partial charge in [-0.15, -0.1) is 0 Å². The number of rotatable bonds is 6. The van der Waals surface area contributed by atoms with Crippen molar-refractivity contribution in [3.05, 3.63) is 58.9 Å². The zero-order valence-electron chi connectivity index (χ0n) is 14.5. The van der Waals surface area contributed by atoms with E-state index >= 15 is 0 Å². The number of benzene rings is 2. The summed E-state index contributed by atoms with van der Waals surface area (Å²) < 4.78 is 10.3. The fraction of sp³-hybridized carbons (Fsp3) is 0.211. The number of ether oxygens (including phenoxy) is 1. The van der Waals surface area contributed by atoms with Crippen LogP contribution in [-0.2, 0) is 11.2 Å². The molecule has 6 nitrogen and oxygen atoms in total. The molecule has 0 fully saturated rings. The molecule has 0 saturated carbocycles. The third-order valence-electron chi connectivity index (χ3n) is 3.84. The van der Waals surface area contributed by atoms with Crippen LogP contribution in [0.25, 0.3) is 11.4 Å². The second-order valence-electron chi connectivity index (χ2n) is 5.75. The van der Waals surface area contributed by atoms with Gasteiger partial charge in [-0.25, -0.2) is 0 Å². The first-order valence-corrected chi connectivity index (χ1v) is 8.46. The number of hydrogen-bond donors (Lipinski definition) is 1. The van der Waals surface area contributed by atoms with Crippen molar-refractivity contribution < 1.29 is 14.1 Å². The fourth-order valence-electron chi connectivity index (χ4n) is 2.33. The minimum atomic E-state index is -0.144. The lowest BCUT2D eigenvalue weighted by Gasteiger charge is -2.06. The molecule has 26 heavy (non-hydrogen) atoms. The smallest absolute Gasteiger partial charge is 0.227 e. The summed E-state index contributed by atoms with van der Waals surface area (Å²) in [5, 5.41) is 7.37. The molecule has 0 bridgehead atoms. The van der Waals surface area contributed by atoms with Gasteiger partial charge in [-0.2, -0.15) is 4.98 Å². The summed E-state index contributed by atoms with van der Waals surface area (Å²) in [5.41, 5.74) is 2.44. The number of carbonyl (C=O) groups excluding carboxylic acids is 1. The van der Waals surface area contributed by atoms with Gasteiger partial charge in [0.1, 0.15) is 5.75 Å². The molecule has 3 aromatic rings. The Kier molecular flexibility index (Phi) is 5.53. The van der Waals surface area contributed by atoms with Crippen molar-refractivity contribution in [2.75, 3.05) is 12.4 Å². The summed E-state index contributed by atoms with van der Waals surface area (Å²) in [5.74, 6) is 1.50. The van der Waals surface area contributed by atoms with Crippen molar-refractivity contribution in [2.24, 2.45) is 0 Å². The Morgan fingerprint density at radius 1 is 1.23 bits per heavy atom. The van der Waals surface area contributed by atoms with Crippen LogP contribution in [0, 0.1) is 6.92 Å². The largest absolute Gasteiger partial charge is 0.497 e. The fourth-order valence-corrected chi connectivity index (χ4v) is 2.51. The maximum Gasteiger partial charge on any atom is 0.227 e. The van der Waals surface area contributed by atoms with Crippen molar-refractivity contribution in [3.63, 3.8) is 0 Å². The lowest BCUT2D eigenvalue weighted by atomic mass is 10.2. The van der Waals surface area contributed by atoms with Crippen LogP contribution < -0.4 is 10.1 Å². The average Bonchev–Trinajstić information content (AvgIpc) is 3.12. The molecule has 0 atom stereocenters. The standard InChI is InChI=1S/C19H18ClN3O3/c1-12-3-6-14(11-16(12)20)21-17(24)9-10-18-22-19(23-26-18)13-4-7-15(25-2)8-5-13/h3-8,11H,9-10H2,1-2H3,(H,21,24). The Bertz CT molecular complexity index is 907. The van der Waals surface area contributed by atoms with E-state index in [0.717, 1.165) is 16.9 Å². The van der Waals surface area contributed by atoms with Gasteiger partial charge in [0.2, 0.25) is 17.6 Å². The summed E-state index contributed by atoms with van der Waals surface area (Å²) in [6, 6.07) is 12.7. The van der Waals surface area contributed by atoms with Crippen molar-refractivity contribution in [1.82, 2.24) is 10.1 Å². The van der Waals surface area contributed by atoms with Crippen molar-refractivity contribution in [1.29, 1.82) is 0 Å². The van der Waals surface area contributed by atoms with Gasteiger partial charge in [0.05, 0.1) is 7.11 Å². The number of aryl methyl sites for hydroxylation is 2. The van der Waals surface area contributed by atoms with Crippen molar-refractivity contribution in [2.45, 2.75) is 19.8 Å². The number of anilines is 1. The maximum absolute atomic E-state index is 12.1. The lowest BCUT2D eigenvalue weighted by molar-refractivity contribution is -0.116. The van der Waals surface area contributed by atoms with Crippen LogP contribution in [0.2, 0.25) is 5.02 Å². The molecule has 1 heterocycles. The van der Waals surface area contributed by atoms with Crippen LogP contribution in [0.1, 0.15) is 17.9 Å². The number of aromatic nitrogens is 2. The number of methoxy groups -OCH3 is 1. The first-order valence-electron chi connectivity index (χ1n) is 8.08. The minimum Gasteiger partial charge on any atom is -0.497 e. The summed E-state index contributed by atoms with van der Waals surface area (Å²) >= 11 is 6.06. The van der Waals surface area contributed by atoms with Crippen LogP contribution in [0.4, 0.5) is 5.69 Å². The third-order valence-corrected chi connectivity index (χ3v) is 4.25. The van der Waals surface area contributed by atoms with Crippen LogP contribution in [0.3, 0.4) is 0 Å². The Hall–Kier alpha value is -2.86.